The van der Waals surface area contributed by atoms with Crippen molar-refractivity contribution in [2.45, 2.75) is 258 Å². The number of piperidine rings is 2. The molecule has 2 saturated heterocycles. The minimum absolute atomic E-state index is 0.117. The van der Waals surface area contributed by atoms with Gasteiger partial charge in [0.05, 0.1) is 0 Å². The van der Waals surface area contributed by atoms with Gasteiger partial charge in [0.1, 0.15) is 0 Å². The van der Waals surface area contributed by atoms with Gasteiger partial charge in [0, 0.05) is 34.6 Å². The fraction of sp³-hybridized carbons (Fsp3) is 0.978. The molecule has 0 aromatic rings. The van der Waals surface area contributed by atoms with E-state index in [1.54, 1.807) is 0 Å². The molecule has 0 aliphatic carbocycles. The van der Waals surface area contributed by atoms with Crippen molar-refractivity contribution >= 4 is 5.91 Å². The average Bonchev–Trinajstić information content (AvgIpc) is 2.98. The largest absolute Gasteiger partial charge is 0.356 e. The standard InChI is InChI=1S/C46H91N3O/c1-11-13-15-16-17-18-19-20-21-22-23-28-32-41(40(31-26-14-12-2)39-36-45(7,8)49-46(9,10)37-39)42(50)47-33-29-25-24-27-30-38-34-43(3,4)48-44(5,6)35-38/h38-41,48-49H,11-37H2,1-10H3,(H,47,50). The number of carbonyl (C=O) groups is 1. The van der Waals surface area contributed by atoms with Gasteiger partial charge in [-0.2, -0.15) is 0 Å². The summed E-state index contributed by atoms with van der Waals surface area (Å²) in [6.45, 7) is 24.5. The summed E-state index contributed by atoms with van der Waals surface area (Å²) in [5, 5.41) is 11.3. The number of hydrogen-bond donors (Lipinski definition) is 3. The molecular formula is C46H91N3O. The van der Waals surface area contributed by atoms with E-state index in [1.165, 1.54) is 154 Å². The van der Waals surface area contributed by atoms with Crippen molar-refractivity contribution in [3.63, 3.8) is 0 Å². The second-order valence-electron chi connectivity index (χ2n) is 20.2. The highest BCUT2D eigenvalue weighted by molar-refractivity contribution is 5.79. The molecule has 0 spiro atoms. The molecule has 296 valence electrons. The molecular weight excluding hydrogens is 611 g/mol. The zero-order chi connectivity index (χ0) is 37.1. The molecule has 3 N–H and O–H groups in total. The molecule has 4 nitrogen and oxygen atoms in total. The van der Waals surface area contributed by atoms with Gasteiger partial charge in [0.25, 0.3) is 0 Å². The number of rotatable bonds is 27. The van der Waals surface area contributed by atoms with Gasteiger partial charge in [-0.15, -0.1) is 0 Å². The minimum atomic E-state index is 0.117. The van der Waals surface area contributed by atoms with Gasteiger partial charge in [-0.1, -0.05) is 136 Å². The summed E-state index contributed by atoms with van der Waals surface area (Å²) in [5.74, 6) is 2.47. The third-order valence-electron chi connectivity index (χ3n) is 12.3. The van der Waals surface area contributed by atoms with Crippen LogP contribution in [0.25, 0.3) is 0 Å². The van der Waals surface area contributed by atoms with Crippen LogP contribution < -0.4 is 16.0 Å². The molecule has 0 saturated carbocycles. The minimum Gasteiger partial charge on any atom is -0.356 e. The first-order valence-corrected chi connectivity index (χ1v) is 22.4. The summed E-state index contributed by atoms with van der Waals surface area (Å²) in [4.78, 5) is 14.2. The van der Waals surface area contributed by atoms with Crippen LogP contribution >= 0.6 is 0 Å². The van der Waals surface area contributed by atoms with Crippen molar-refractivity contribution in [3.8, 4) is 0 Å². The summed E-state index contributed by atoms with van der Waals surface area (Å²) in [6, 6.07) is 0. The number of carbonyl (C=O) groups excluding carboxylic acids is 1. The predicted molar refractivity (Wildman–Crippen MR) is 221 cm³/mol. The van der Waals surface area contributed by atoms with Crippen molar-refractivity contribution < 1.29 is 4.79 Å². The van der Waals surface area contributed by atoms with E-state index in [0.717, 1.165) is 25.3 Å². The van der Waals surface area contributed by atoms with E-state index in [0.29, 0.717) is 17.7 Å². The maximum atomic E-state index is 14.2. The summed E-state index contributed by atoms with van der Waals surface area (Å²) in [6.07, 6.45) is 33.8. The Bertz CT molecular complexity index is 860. The van der Waals surface area contributed by atoms with Crippen LogP contribution in [0.3, 0.4) is 0 Å². The molecule has 2 atom stereocenters. The fourth-order valence-electron chi connectivity index (χ4n) is 10.8. The zero-order valence-corrected chi connectivity index (χ0v) is 35.8. The predicted octanol–water partition coefficient (Wildman–Crippen LogP) is 13.1. The molecule has 1 amide bonds. The van der Waals surface area contributed by atoms with Crippen LogP contribution in [0.1, 0.15) is 236 Å². The Morgan fingerprint density at radius 1 is 0.540 bits per heavy atom. The average molecular weight is 702 g/mol. The van der Waals surface area contributed by atoms with Gasteiger partial charge in [-0.3, -0.25) is 4.79 Å². The Kier molecular flexibility index (Phi) is 21.2. The van der Waals surface area contributed by atoms with E-state index >= 15 is 0 Å². The molecule has 2 heterocycles. The summed E-state index contributed by atoms with van der Waals surface area (Å²) in [7, 11) is 0. The third-order valence-corrected chi connectivity index (χ3v) is 12.3. The molecule has 2 aliphatic heterocycles. The molecule has 2 fully saturated rings. The van der Waals surface area contributed by atoms with Crippen molar-refractivity contribution in [2.24, 2.45) is 23.7 Å². The molecule has 0 bridgehead atoms. The molecule has 2 unspecified atom stereocenters. The number of hydrogen-bond acceptors (Lipinski definition) is 3. The Balaban J connectivity index is 1.91. The molecule has 0 radical (unpaired) electrons. The Hall–Kier alpha value is -0.610. The van der Waals surface area contributed by atoms with E-state index in [2.05, 4.69) is 85.2 Å². The first kappa shape index (κ1) is 45.5. The summed E-state index contributed by atoms with van der Waals surface area (Å²) >= 11 is 0. The molecule has 0 aromatic heterocycles. The number of amides is 1. The lowest BCUT2D eigenvalue weighted by Crippen LogP contribution is -2.59. The normalized spacial score (nSPS) is 21.6. The van der Waals surface area contributed by atoms with Crippen molar-refractivity contribution in [2.75, 3.05) is 6.54 Å². The van der Waals surface area contributed by atoms with Crippen molar-refractivity contribution in [1.29, 1.82) is 0 Å². The van der Waals surface area contributed by atoms with Crippen molar-refractivity contribution in [1.82, 2.24) is 16.0 Å². The second kappa shape index (κ2) is 23.2. The lowest BCUT2D eigenvalue weighted by molar-refractivity contribution is -0.128. The third kappa shape index (κ3) is 19.5. The van der Waals surface area contributed by atoms with E-state index in [1.807, 2.05) is 0 Å². The second-order valence-corrected chi connectivity index (χ2v) is 20.2. The molecule has 4 heteroatoms. The molecule has 0 aromatic carbocycles. The highest BCUT2D eigenvalue weighted by Crippen LogP contribution is 2.43. The SMILES string of the molecule is CCCCCCCCCCCCCCC(C(=O)NCCCCCCC1CC(C)(C)NC(C)(C)C1)C(CCCCC)C1CC(C)(C)NC(C)(C)C1. The van der Waals surface area contributed by atoms with Crippen LogP contribution in [-0.2, 0) is 4.79 Å². The first-order valence-electron chi connectivity index (χ1n) is 22.4. The van der Waals surface area contributed by atoms with Crippen LogP contribution in [0, 0.1) is 23.7 Å². The maximum Gasteiger partial charge on any atom is 0.223 e. The van der Waals surface area contributed by atoms with Crippen LogP contribution in [-0.4, -0.2) is 34.6 Å². The fourth-order valence-corrected chi connectivity index (χ4v) is 10.8. The van der Waals surface area contributed by atoms with E-state index < -0.39 is 0 Å². The summed E-state index contributed by atoms with van der Waals surface area (Å²) < 4.78 is 0. The van der Waals surface area contributed by atoms with Crippen LogP contribution in [0.15, 0.2) is 0 Å². The van der Waals surface area contributed by atoms with Crippen LogP contribution in [0.2, 0.25) is 0 Å². The van der Waals surface area contributed by atoms with Gasteiger partial charge in [0.2, 0.25) is 5.91 Å². The zero-order valence-electron chi connectivity index (χ0n) is 35.8. The van der Waals surface area contributed by atoms with Gasteiger partial charge in [-0.05, 0) is 118 Å². The highest BCUT2D eigenvalue weighted by Gasteiger charge is 2.43. The highest BCUT2D eigenvalue weighted by atomic mass is 16.1. The van der Waals surface area contributed by atoms with E-state index in [-0.39, 0.29) is 28.1 Å². The van der Waals surface area contributed by atoms with Gasteiger partial charge >= 0.3 is 0 Å². The van der Waals surface area contributed by atoms with E-state index in [9.17, 15) is 4.79 Å². The monoisotopic (exact) mass is 702 g/mol. The Labute approximate surface area is 314 Å². The smallest absolute Gasteiger partial charge is 0.223 e. The van der Waals surface area contributed by atoms with Crippen LogP contribution in [0.5, 0.6) is 0 Å². The van der Waals surface area contributed by atoms with Crippen LogP contribution in [0.4, 0.5) is 0 Å². The summed E-state index contributed by atoms with van der Waals surface area (Å²) in [5.41, 5.74) is 0.723. The maximum absolute atomic E-state index is 14.2. The quantitative estimate of drug-likeness (QED) is 0.0747. The van der Waals surface area contributed by atoms with Gasteiger partial charge in [-0.25, -0.2) is 0 Å². The number of unbranched alkanes of at least 4 members (excludes halogenated alkanes) is 16. The topological polar surface area (TPSA) is 53.2 Å². The molecule has 50 heavy (non-hydrogen) atoms. The van der Waals surface area contributed by atoms with E-state index in [4.69, 9.17) is 0 Å². The van der Waals surface area contributed by atoms with Crippen molar-refractivity contribution in [3.05, 3.63) is 0 Å². The van der Waals surface area contributed by atoms with Gasteiger partial charge < -0.3 is 16.0 Å². The number of nitrogens with one attached hydrogen (secondary N) is 3. The molecule has 2 rings (SSSR count). The van der Waals surface area contributed by atoms with Gasteiger partial charge in [0.15, 0.2) is 0 Å². The lowest BCUT2D eigenvalue weighted by Gasteiger charge is -2.50. The molecule has 2 aliphatic rings. The first-order chi connectivity index (χ1) is 23.6. The lowest BCUT2D eigenvalue weighted by atomic mass is 9.65. The Morgan fingerprint density at radius 2 is 0.940 bits per heavy atom. The Morgan fingerprint density at radius 3 is 1.46 bits per heavy atom.